The first-order valence-corrected chi connectivity index (χ1v) is 5.10. The molecule has 76 valence electrons. The Morgan fingerprint density at radius 3 is 3.14 bits per heavy atom. The first-order chi connectivity index (χ1) is 6.77. The van der Waals surface area contributed by atoms with Gasteiger partial charge in [0.05, 0.1) is 12.4 Å². The minimum atomic E-state index is 0.441. The van der Waals surface area contributed by atoms with Gasteiger partial charge in [-0.3, -0.25) is 4.98 Å². The number of halogens is 1. The van der Waals surface area contributed by atoms with Crippen LogP contribution in [0.4, 0.5) is 5.82 Å². The van der Waals surface area contributed by atoms with Crippen LogP contribution in [0, 0.1) is 0 Å². The number of piperazine rings is 1. The van der Waals surface area contributed by atoms with Gasteiger partial charge in [0.15, 0.2) is 0 Å². The molecule has 2 rings (SSSR count). The SMILES string of the molecule is C[C@H]1CNCCN1c1cncc(Cl)n1. The van der Waals surface area contributed by atoms with Crippen LogP contribution in [-0.2, 0) is 0 Å². The maximum Gasteiger partial charge on any atom is 0.149 e. The van der Waals surface area contributed by atoms with E-state index in [2.05, 4.69) is 27.1 Å². The summed E-state index contributed by atoms with van der Waals surface area (Å²) in [6.07, 6.45) is 3.31. The molecule has 1 saturated heterocycles. The topological polar surface area (TPSA) is 41.0 Å². The van der Waals surface area contributed by atoms with Gasteiger partial charge in [-0.1, -0.05) is 11.6 Å². The predicted octanol–water partition coefficient (Wildman–Crippen LogP) is 0.928. The third-order valence-electron chi connectivity index (χ3n) is 2.39. The minimum Gasteiger partial charge on any atom is -0.350 e. The molecule has 5 heteroatoms. The van der Waals surface area contributed by atoms with Gasteiger partial charge < -0.3 is 10.2 Å². The Hall–Kier alpha value is -0.870. The Balaban J connectivity index is 2.20. The molecule has 4 nitrogen and oxygen atoms in total. The lowest BCUT2D eigenvalue weighted by molar-refractivity contribution is 0.496. The van der Waals surface area contributed by atoms with Crippen LogP contribution in [0.1, 0.15) is 6.92 Å². The van der Waals surface area contributed by atoms with Crippen LogP contribution in [0.5, 0.6) is 0 Å². The van der Waals surface area contributed by atoms with Crippen molar-refractivity contribution in [3.05, 3.63) is 17.5 Å². The molecule has 1 N–H and O–H groups in total. The highest BCUT2D eigenvalue weighted by molar-refractivity contribution is 6.29. The summed E-state index contributed by atoms with van der Waals surface area (Å²) in [4.78, 5) is 10.5. The van der Waals surface area contributed by atoms with Crippen molar-refractivity contribution in [2.24, 2.45) is 0 Å². The minimum absolute atomic E-state index is 0.441. The van der Waals surface area contributed by atoms with Crippen molar-refractivity contribution in [3.63, 3.8) is 0 Å². The molecule has 0 aromatic carbocycles. The second-order valence-electron chi connectivity index (χ2n) is 3.45. The Labute approximate surface area is 88.3 Å². The first-order valence-electron chi connectivity index (χ1n) is 4.72. The average Bonchev–Trinajstić information content (AvgIpc) is 2.18. The molecule has 0 saturated carbocycles. The van der Waals surface area contributed by atoms with Gasteiger partial charge in [-0.25, -0.2) is 4.98 Å². The third kappa shape index (κ3) is 1.96. The normalized spacial score (nSPS) is 22.4. The quantitative estimate of drug-likeness (QED) is 0.752. The van der Waals surface area contributed by atoms with Crippen LogP contribution in [0.25, 0.3) is 0 Å². The molecular weight excluding hydrogens is 200 g/mol. The van der Waals surface area contributed by atoms with Crippen molar-refractivity contribution in [1.82, 2.24) is 15.3 Å². The van der Waals surface area contributed by atoms with Crippen LogP contribution in [0.3, 0.4) is 0 Å². The van der Waals surface area contributed by atoms with Crippen LogP contribution in [0.2, 0.25) is 5.15 Å². The Bertz CT molecular complexity index is 317. The number of aromatic nitrogens is 2. The number of nitrogens with zero attached hydrogens (tertiary/aromatic N) is 3. The predicted molar refractivity (Wildman–Crippen MR) is 56.7 cm³/mol. The molecule has 1 aromatic rings. The first kappa shape index (κ1) is 9.68. The van der Waals surface area contributed by atoms with Gasteiger partial charge in [-0.05, 0) is 6.92 Å². The van der Waals surface area contributed by atoms with Gasteiger partial charge in [-0.2, -0.15) is 0 Å². The molecule has 1 atom stereocenters. The molecule has 0 spiro atoms. The van der Waals surface area contributed by atoms with E-state index in [-0.39, 0.29) is 0 Å². The average molecular weight is 213 g/mol. The van der Waals surface area contributed by atoms with Crippen LogP contribution >= 0.6 is 11.6 Å². The second-order valence-corrected chi connectivity index (χ2v) is 3.83. The van der Waals surface area contributed by atoms with Crippen molar-refractivity contribution in [1.29, 1.82) is 0 Å². The second kappa shape index (κ2) is 4.11. The molecule has 0 aliphatic carbocycles. The van der Waals surface area contributed by atoms with Crippen molar-refractivity contribution >= 4 is 17.4 Å². The Morgan fingerprint density at radius 1 is 1.57 bits per heavy atom. The number of hydrogen-bond acceptors (Lipinski definition) is 4. The van der Waals surface area contributed by atoms with E-state index in [0.717, 1.165) is 25.5 Å². The van der Waals surface area contributed by atoms with E-state index in [1.165, 1.54) is 0 Å². The highest BCUT2D eigenvalue weighted by atomic mass is 35.5. The largest absolute Gasteiger partial charge is 0.350 e. The van der Waals surface area contributed by atoms with Gasteiger partial charge in [0.2, 0.25) is 0 Å². The number of nitrogens with one attached hydrogen (secondary N) is 1. The molecule has 0 bridgehead atoms. The monoisotopic (exact) mass is 212 g/mol. The summed E-state index contributed by atoms with van der Waals surface area (Å²) in [6.45, 7) is 5.08. The molecule has 1 aromatic heterocycles. The molecule has 2 heterocycles. The summed E-state index contributed by atoms with van der Waals surface area (Å²) in [7, 11) is 0. The summed E-state index contributed by atoms with van der Waals surface area (Å²) in [5.74, 6) is 0.867. The lowest BCUT2D eigenvalue weighted by Crippen LogP contribution is -2.50. The zero-order valence-electron chi connectivity index (χ0n) is 8.07. The van der Waals surface area contributed by atoms with Gasteiger partial charge in [0, 0.05) is 25.7 Å². The van der Waals surface area contributed by atoms with Gasteiger partial charge in [-0.15, -0.1) is 0 Å². The Kier molecular flexibility index (Phi) is 2.84. The van der Waals surface area contributed by atoms with Gasteiger partial charge >= 0.3 is 0 Å². The lowest BCUT2D eigenvalue weighted by atomic mass is 10.2. The van der Waals surface area contributed by atoms with Crippen molar-refractivity contribution < 1.29 is 0 Å². The highest BCUT2D eigenvalue weighted by Crippen LogP contribution is 2.16. The van der Waals surface area contributed by atoms with E-state index in [1.807, 2.05) is 0 Å². The van der Waals surface area contributed by atoms with E-state index in [9.17, 15) is 0 Å². The zero-order valence-corrected chi connectivity index (χ0v) is 8.83. The summed E-state index contributed by atoms with van der Waals surface area (Å²) in [5, 5.41) is 3.78. The van der Waals surface area contributed by atoms with Crippen molar-refractivity contribution in [3.8, 4) is 0 Å². The Morgan fingerprint density at radius 2 is 2.43 bits per heavy atom. The van der Waals surface area contributed by atoms with Crippen LogP contribution in [-0.4, -0.2) is 35.6 Å². The van der Waals surface area contributed by atoms with E-state index < -0.39 is 0 Å². The lowest BCUT2D eigenvalue weighted by Gasteiger charge is -2.34. The molecular formula is C9H13ClN4. The molecule has 0 amide bonds. The van der Waals surface area contributed by atoms with Crippen LogP contribution in [0.15, 0.2) is 12.4 Å². The summed E-state index contributed by atoms with van der Waals surface area (Å²) < 4.78 is 0. The highest BCUT2D eigenvalue weighted by Gasteiger charge is 2.19. The molecule has 0 unspecified atom stereocenters. The molecule has 1 fully saturated rings. The summed E-state index contributed by atoms with van der Waals surface area (Å²) in [6, 6.07) is 0.441. The maximum absolute atomic E-state index is 5.80. The number of anilines is 1. The molecule has 0 radical (unpaired) electrons. The number of rotatable bonds is 1. The molecule has 14 heavy (non-hydrogen) atoms. The smallest absolute Gasteiger partial charge is 0.149 e. The fourth-order valence-corrected chi connectivity index (χ4v) is 1.80. The molecule has 1 aliphatic rings. The maximum atomic E-state index is 5.80. The van der Waals surface area contributed by atoms with Gasteiger partial charge in [0.1, 0.15) is 11.0 Å². The third-order valence-corrected chi connectivity index (χ3v) is 2.57. The standard InChI is InChI=1S/C9H13ClN4/c1-7-4-11-2-3-14(7)9-6-12-5-8(10)13-9/h5-7,11H,2-4H2,1H3/t7-/m0/s1. The van der Waals surface area contributed by atoms with E-state index in [4.69, 9.17) is 11.6 Å². The summed E-state index contributed by atoms with van der Waals surface area (Å²) >= 11 is 5.80. The van der Waals surface area contributed by atoms with Gasteiger partial charge in [0.25, 0.3) is 0 Å². The molecule has 1 aliphatic heterocycles. The zero-order chi connectivity index (χ0) is 9.97. The number of hydrogen-bond donors (Lipinski definition) is 1. The fourth-order valence-electron chi connectivity index (χ4n) is 1.65. The van der Waals surface area contributed by atoms with E-state index >= 15 is 0 Å². The fraction of sp³-hybridized carbons (Fsp3) is 0.556. The van der Waals surface area contributed by atoms with Crippen molar-refractivity contribution in [2.45, 2.75) is 13.0 Å². The van der Waals surface area contributed by atoms with E-state index in [0.29, 0.717) is 11.2 Å². The van der Waals surface area contributed by atoms with Crippen molar-refractivity contribution in [2.75, 3.05) is 24.5 Å². The van der Waals surface area contributed by atoms with E-state index in [1.54, 1.807) is 12.4 Å². The summed E-state index contributed by atoms with van der Waals surface area (Å²) in [5.41, 5.74) is 0. The van der Waals surface area contributed by atoms with Crippen LogP contribution < -0.4 is 10.2 Å².